The van der Waals surface area contributed by atoms with Crippen LogP contribution in [-0.2, 0) is 9.59 Å². The number of carboxylic acid groups (broad SMARTS) is 1. The first-order chi connectivity index (χ1) is 7.99. The minimum atomic E-state index is -0.874. The maximum atomic E-state index is 11.8. The zero-order valence-corrected chi connectivity index (χ0v) is 10.7. The molecule has 0 bridgehead atoms. The number of carboxylic acids is 1. The fourth-order valence-corrected chi connectivity index (χ4v) is 2.55. The van der Waals surface area contributed by atoms with Gasteiger partial charge in [-0.15, -0.1) is 0 Å². The van der Waals surface area contributed by atoms with E-state index in [0.29, 0.717) is 5.92 Å². The van der Waals surface area contributed by atoms with Crippen LogP contribution >= 0.6 is 0 Å². The van der Waals surface area contributed by atoms with Crippen molar-refractivity contribution in [3.8, 4) is 0 Å². The van der Waals surface area contributed by atoms with Crippen LogP contribution in [0.5, 0.6) is 0 Å². The molecule has 1 rings (SSSR count). The van der Waals surface area contributed by atoms with E-state index in [-0.39, 0.29) is 24.3 Å². The van der Waals surface area contributed by atoms with Gasteiger partial charge in [0, 0.05) is 12.0 Å². The molecule has 98 valence electrons. The third kappa shape index (κ3) is 5.20. The molecule has 0 saturated heterocycles. The van der Waals surface area contributed by atoms with E-state index in [1.165, 1.54) is 25.7 Å². The summed E-state index contributed by atoms with van der Waals surface area (Å²) in [6, 6.07) is -0.286. The fraction of sp³-hybridized carbons (Fsp3) is 0.846. The molecule has 0 heterocycles. The van der Waals surface area contributed by atoms with E-state index in [0.717, 1.165) is 6.42 Å². The molecule has 1 aliphatic carbocycles. The molecule has 1 aliphatic rings. The minimum Gasteiger partial charge on any atom is -0.481 e. The maximum absolute atomic E-state index is 11.8. The largest absolute Gasteiger partial charge is 0.481 e. The van der Waals surface area contributed by atoms with Crippen LogP contribution < -0.4 is 5.32 Å². The van der Waals surface area contributed by atoms with E-state index in [9.17, 15) is 9.59 Å². The Balaban J connectivity index is 2.27. The zero-order valence-electron chi connectivity index (χ0n) is 10.7. The average molecular weight is 241 g/mol. The molecule has 0 aromatic heterocycles. The summed E-state index contributed by atoms with van der Waals surface area (Å²) in [5, 5.41) is 11.4. The first-order valence-corrected chi connectivity index (χ1v) is 6.51. The molecule has 0 radical (unpaired) electrons. The first-order valence-electron chi connectivity index (χ1n) is 6.51. The summed E-state index contributed by atoms with van der Waals surface area (Å²) >= 11 is 0. The van der Waals surface area contributed by atoms with Crippen LogP contribution in [0.1, 0.15) is 52.4 Å². The summed E-state index contributed by atoms with van der Waals surface area (Å²) in [7, 11) is 0. The highest BCUT2D eigenvalue weighted by Gasteiger charge is 2.22. The number of carbonyl (C=O) groups excluding carboxylic acids is 1. The van der Waals surface area contributed by atoms with Gasteiger partial charge in [0.25, 0.3) is 0 Å². The van der Waals surface area contributed by atoms with Gasteiger partial charge in [0.2, 0.25) is 5.91 Å². The van der Waals surface area contributed by atoms with Crippen molar-refractivity contribution in [3.05, 3.63) is 0 Å². The summed E-state index contributed by atoms with van der Waals surface area (Å²) < 4.78 is 0. The second-order valence-electron chi connectivity index (χ2n) is 5.29. The highest BCUT2D eigenvalue weighted by Crippen LogP contribution is 2.30. The normalized spacial score (nSPS) is 19.9. The number of rotatable bonds is 6. The number of hydrogen-bond acceptors (Lipinski definition) is 2. The molecule has 0 spiro atoms. The van der Waals surface area contributed by atoms with Crippen LogP contribution in [0, 0.1) is 11.8 Å². The maximum Gasteiger partial charge on any atom is 0.305 e. The topological polar surface area (TPSA) is 66.4 Å². The Morgan fingerprint density at radius 3 is 2.41 bits per heavy atom. The van der Waals surface area contributed by atoms with E-state index in [2.05, 4.69) is 5.32 Å². The van der Waals surface area contributed by atoms with E-state index in [1.54, 1.807) is 6.92 Å². The quantitative estimate of drug-likeness (QED) is 0.749. The zero-order chi connectivity index (χ0) is 12.8. The summed E-state index contributed by atoms with van der Waals surface area (Å²) in [6.45, 7) is 3.66. The van der Waals surface area contributed by atoms with Gasteiger partial charge in [-0.2, -0.15) is 0 Å². The van der Waals surface area contributed by atoms with Gasteiger partial charge >= 0.3 is 5.97 Å². The molecule has 1 fully saturated rings. The van der Waals surface area contributed by atoms with E-state index in [4.69, 9.17) is 5.11 Å². The number of carbonyl (C=O) groups is 2. The fourth-order valence-electron chi connectivity index (χ4n) is 2.55. The molecule has 17 heavy (non-hydrogen) atoms. The third-order valence-corrected chi connectivity index (χ3v) is 3.48. The Morgan fingerprint density at radius 1 is 1.29 bits per heavy atom. The molecule has 0 aliphatic heterocycles. The van der Waals surface area contributed by atoms with Crippen molar-refractivity contribution in [2.24, 2.45) is 11.8 Å². The van der Waals surface area contributed by atoms with E-state index >= 15 is 0 Å². The monoisotopic (exact) mass is 241 g/mol. The number of aliphatic carboxylic acids is 1. The van der Waals surface area contributed by atoms with Gasteiger partial charge in [0.1, 0.15) is 0 Å². The van der Waals surface area contributed by atoms with Crippen LogP contribution in [0.4, 0.5) is 0 Å². The van der Waals surface area contributed by atoms with Gasteiger partial charge < -0.3 is 10.4 Å². The molecule has 2 atom stereocenters. The number of amides is 1. The van der Waals surface area contributed by atoms with E-state index < -0.39 is 5.97 Å². The molecule has 0 aromatic rings. The molecule has 1 saturated carbocycles. The smallest absolute Gasteiger partial charge is 0.305 e. The van der Waals surface area contributed by atoms with Gasteiger partial charge in [-0.05, 0) is 19.3 Å². The van der Waals surface area contributed by atoms with Crippen LogP contribution in [0.2, 0.25) is 0 Å². The predicted molar refractivity (Wildman–Crippen MR) is 65.6 cm³/mol. The average Bonchev–Trinajstić information content (AvgIpc) is 2.68. The van der Waals surface area contributed by atoms with Crippen molar-refractivity contribution in [1.82, 2.24) is 5.32 Å². The van der Waals surface area contributed by atoms with Crippen LogP contribution in [0.3, 0.4) is 0 Å². The lowest BCUT2D eigenvalue weighted by molar-refractivity contribution is -0.137. The molecular weight excluding hydrogens is 218 g/mol. The lowest BCUT2D eigenvalue weighted by Crippen LogP contribution is -2.38. The Morgan fingerprint density at radius 2 is 1.88 bits per heavy atom. The molecule has 4 heteroatoms. The summed E-state index contributed by atoms with van der Waals surface area (Å²) in [5.74, 6) is -0.202. The van der Waals surface area contributed by atoms with E-state index in [1.807, 2.05) is 6.92 Å². The van der Waals surface area contributed by atoms with Gasteiger partial charge in [0.15, 0.2) is 0 Å². The van der Waals surface area contributed by atoms with Crippen molar-refractivity contribution in [1.29, 1.82) is 0 Å². The Hall–Kier alpha value is -1.06. The van der Waals surface area contributed by atoms with Crippen LogP contribution in [-0.4, -0.2) is 23.0 Å². The van der Waals surface area contributed by atoms with Gasteiger partial charge in [-0.25, -0.2) is 0 Å². The molecule has 2 unspecified atom stereocenters. The Bertz CT molecular complexity index is 272. The van der Waals surface area contributed by atoms with Gasteiger partial charge in [0.05, 0.1) is 6.42 Å². The highest BCUT2D eigenvalue weighted by molar-refractivity contribution is 5.79. The third-order valence-electron chi connectivity index (χ3n) is 3.48. The molecule has 0 aromatic carbocycles. The van der Waals surface area contributed by atoms with Gasteiger partial charge in [-0.3, -0.25) is 9.59 Å². The second-order valence-corrected chi connectivity index (χ2v) is 5.29. The van der Waals surface area contributed by atoms with Crippen LogP contribution in [0.15, 0.2) is 0 Å². The SMILES string of the molecule is CC(CC(=O)O)NC(=O)C(C)CC1CCCC1. The molecule has 1 amide bonds. The minimum absolute atomic E-state index is 0.00524. The van der Waals surface area contributed by atoms with Gasteiger partial charge in [-0.1, -0.05) is 32.6 Å². The summed E-state index contributed by atoms with van der Waals surface area (Å²) in [5.41, 5.74) is 0. The second kappa shape index (κ2) is 6.62. The predicted octanol–water partition coefficient (Wildman–Crippen LogP) is 2.18. The number of hydrogen-bond donors (Lipinski definition) is 2. The van der Waals surface area contributed by atoms with Crippen LogP contribution in [0.25, 0.3) is 0 Å². The Labute approximate surface area is 103 Å². The summed E-state index contributed by atoms with van der Waals surface area (Å²) in [6.07, 6.45) is 5.97. The standard InChI is InChI=1S/C13H23NO3/c1-9(7-11-5-3-4-6-11)13(17)14-10(2)8-12(15)16/h9-11H,3-8H2,1-2H3,(H,14,17)(H,15,16). The first kappa shape index (κ1) is 14.0. The number of nitrogens with one attached hydrogen (secondary N) is 1. The van der Waals surface area contributed by atoms with Crippen molar-refractivity contribution < 1.29 is 14.7 Å². The summed E-state index contributed by atoms with van der Waals surface area (Å²) in [4.78, 5) is 22.3. The Kier molecular flexibility index (Phi) is 5.45. The van der Waals surface area contributed by atoms with Crippen molar-refractivity contribution in [3.63, 3.8) is 0 Å². The van der Waals surface area contributed by atoms with Crippen molar-refractivity contribution in [2.75, 3.05) is 0 Å². The molecular formula is C13H23NO3. The lowest BCUT2D eigenvalue weighted by atomic mass is 9.94. The van der Waals surface area contributed by atoms with Crippen molar-refractivity contribution >= 4 is 11.9 Å². The highest BCUT2D eigenvalue weighted by atomic mass is 16.4. The molecule has 4 nitrogen and oxygen atoms in total. The molecule has 2 N–H and O–H groups in total. The van der Waals surface area contributed by atoms with Crippen molar-refractivity contribution in [2.45, 2.75) is 58.4 Å². The lowest BCUT2D eigenvalue weighted by Gasteiger charge is -2.18.